The Morgan fingerprint density at radius 1 is 1.19 bits per heavy atom. The topological polar surface area (TPSA) is 29.9 Å². The van der Waals surface area contributed by atoms with Crippen molar-refractivity contribution in [2.75, 3.05) is 13.1 Å². The van der Waals surface area contributed by atoms with Crippen LogP contribution in [0.1, 0.15) is 49.2 Å². The first-order valence-corrected chi connectivity index (χ1v) is 8.20. The van der Waals surface area contributed by atoms with Gasteiger partial charge in [-0.05, 0) is 44.2 Å². The van der Waals surface area contributed by atoms with Crippen molar-refractivity contribution in [1.82, 2.24) is 14.9 Å². The molecule has 0 aliphatic heterocycles. The number of aromatic nitrogens is 2. The molecule has 21 heavy (non-hydrogen) atoms. The molecule has 1 aliphatic carbocycles. The average molecular weight is 283 g/mol. The van der Waals surface area contributed by atoms with E-state index in [9.17, 15) is 0 Å². The summed E-state index contributed by atoms with van der Waals surface area (Å²) >= 11 is 0. The highest BCUT2D eigenvalue weighted by molar-refractivity contribution is 5.25. The van der Waals surface area contributed by atoms with Gasteiger partial charge in [-0.2, -0.15) is 0 Å². The van der Waals surface area contributed by atoms with Crippen molar-refractivity contribution in [3.8, 4) is 0 Å². The molecule has 1 unspecified atom stereocenters. The largest absolute Gasteiger partial charge is 0.326 e. The number of nitrogens with one attached hydrogen (secondary N) is 1. The molecule has 0 spiro atoms. The molecule has 0 saturated carbocycles. The molecule has 3 rings (SSSR count). The van der Waals surface area contributed by atoms with Crippen LogP contribution in [-0.4, -0.2) is 22.6 Å². The third-order valence-electron chi connectivity index (χ3n) is 4.34. The van der Waals surface area contributed by atoms with Crippen LogP contribution < -0.4 is 5.32 Å². The molecule has 1 N–H and O–H groups in total. The second-order valence-corrected chi connectivity index (χ2v) is 5.88. The molecule has 1 aromatic carbocycles. The van der Waals surface area contributed by atoms with Gasteiger partial charge < -0.3 is 9.88 Å². The Bertz CT molecular complexity index is 559. The fourth-order valence-electron chi connectivity index (χ4n) is 3.23. The number of rotatable bonds is 6. The van der Waals surface area contributed by atoms with Crippen LogP contribution in [0.25, 0.3) is 0 Å². The lowest BCUT2D eigenvalue weighted by molar-refractivity contribution is 0.497. The molecule has 1 heterocycles. The second-order valence-electron chi connectivity index (χ2n) is 5.88. The third-order valence-corrected chi connectivity index (χ3v) is 4.34. The van der Waals surface area contributed by atoms with E-state index in [1.54, 1.807) is 0 Å². The average Bonchev–Trinajstić information content (AvgIpc) is 2.96. The van der Waals surface area contributed by atoms with E-state index in [0.29, 0.717) is 6.04 Å². The van der Waals surface area contributed by atoms with Crippen molar-refractivity contribution in [3.05, 3.63) is 53.6 Å². The Morgan fingerprint density at radius 2 is 2.00 bits per heavy atom. The zero-order chi connectivity index (χ0) is 14.5. The summed E-state index contributed by atoms with van der Waals surface area (Å²) in [5.41, 5.74) is 4.14. The molecule has 0 saturated heterocycles. The fourth-order valence-corrected chi connectivity index (χ4v) is 3.23. The molecule has 2 aromatic rings. The van der Waals surface area contributed by atoms with Crippen molar-refractivity contribution in [2.45, 2.75) is 45.1 Å². The minimum absolute atomic E-state index is 0.354. The summed E-state index contributed by atoms with van der Waals surface area (Å²) in [6, 6.07) is 11.2. The number of nitrogens with zero attached hydrogens (tertiary/aromatic N) is 2. The monoisotopic (exact) mass is 283 g/mol. The Balaban J connectivity index is 1.89. The van der Waals surface area contributed by atoms with Crippen LogP contribution in [-0.2, 0) is 12.8 Å². The van der Waals surface area contributed by atoms with Crippen LogP contribution in [0.4, 0.5) is 0 Å². The molecule has 0 amide bonds. The standard InChI is InChI=1S/C18H25N3/c1-2-12-19-13-18(15-8-4-3-5-9-15)21-14-20-16-10-6-7-11-17(16)21/h3-5,8-9,14,18-19H,2,6-7,10-13H2,1H3. The summed E-state index contributed by atoms with van der Waals surface area (Å²) < 4.78 is 2.41. The minimum atomic E-state index is 0.354. The minimum Gasteiger partial charge on any atom is -0.326 e. The van der Waals surface area contributed by atoms with Crippen LogP contribution in [0.15, 0.2) is 36.7 Å². The van der Waals surface area contributed by atoms with Crippen molar-refractivity contribution in [3.63, 3.8) is 0 Å². The lowest BCUT2D eigenvalue weighted by Crippen LogP contribution is -2.28. The molecule has 1 aliphatic rings. The predicted octanol–water partition coefficient (Wildman–Crippen LogP) is 3.35. The normalized spacial score (nSPS) is 15.7. The maximum absolute atomic E-state index is 4.67. The summed E-state index contributed by atoms with van der Waals surface area (Å²) in [7, 11) is 0. The van der Waals surface area contributed by atoms with Crippen LogP contribution in [0.3, 0.4) is 0 Å². The van der Waals surface area contributed by atoms with Crippen LogP contribution in [0, 0.1) is 0 Å². The summed E-state index contributed by atoms with van der Waals surface area (Å²) in [4.78, 5) is 4.67. The van der Waals surface area contributed by atoms with E-state index < -0.39 is 0 Å². The molecule has 0 radical (unpaired) electrons. The van der Waals surface area contributed by atoms with E-state index in [-0.39, 0.29) is 0 Å². The summed E-state index contributed by atoms with van der Waals surface area (Å²) in [6.45, 7) is 4.25. The number of fused-ring (bicyclic) bond motifs is 1. The van der Waals surface area contributed by atoms with E-state index in [4.69, 9.17) is 0 Å². The highest BCUT2D eigenvalue weighted by Gasteiger charge is 2.21. The van der Waals surface area contributed by atoms with Crippen molar-refractivity contribution >= 4 is 0 Å². The van der Waals surface area contributed by atoms with Gasteiger partial charge in [-0.15, -0.1) is 0 Å². The zero-order valence-electron chi connectivity index (χ0n) is 12.9. The molecule has 3 nitrogen and oxygen atoms in total. The lowest BCUT2D eigenvalue weighted by atomic mass is 9.99. The van der Waals surface area contributed by atoms with Gasteiger partial charge in [0.2, 0.25) is 0 Å². The molecular weight excluding hydrogens is 258 g/mol. The van der Waals surface area contributed by atoms with E-state index in [0.717, 1.165) is 19.5 Å². The summed E-state index contributed by atoms with van der Waals surface area (Å²) in [5, 5.41) is 3.58. The molecular formula is C18H25N3. The van der Waals surface area contributed by atoms with Gasteiger partial charge in [0, 0.05) is 12.2 Å². The predicted molar refractivity (Wildman–Crippen MR) is 86.6 cm³/mol. The summed E-state index contributed by atoms with van der Waals surface area (Å²) in [6.07, 6.45) is 8.13. The van der Waals surface area contributed by atoms with Gasteiger partial charge in [-0.1, -0.05) is 37.3 Å². The van der Waals surface area contributed by atoms with Crippen LogP contribution in [0.2, 0.25) is 0 Å². The number of benzene rings is 1. The van der Waals surface area contributed by atoms with Crippen LogP contribution >= 0.6 is 0 Å². The molecule has 0 fully saturated rings. The van der Waals surface area contributed by atoms with Gasteiger partial charge in [0.05, 0.1) is 18.1 Å². The Labute approximate surface area is 127 Å². The van der Waals surface area contributed by atoms with Crippen molar-refractivity contribution in [2.24, 2.45) is 0 Å². The molecule has 3 heteroatoms. The first-order chi connectivity index (χ1) is 10.4. The Morgan fingerprint density at radius 3 is 2.81 bits per heavy atom. The van der Waals surface area contributed by atoms with Crippen molar-refractivity contribution in [1.29, 1.82) is 0 Å². The summed E-state index contributed by atoms with van der Waals surface area (Å²) in [5.74, 6) is 0. The molecule has 1 aromatic heterocycles. The van der Waals surface area contributed by atoms with Gasteiger partial charge in [0.15, 0.2) is 0 Å². The quantitative estimate of drug-likeness (QED) is 0.824. The van der Waals surface area contributed by atoms with Crippen molar-refractivity contribution < 1.29 is 0 Å². The SMILES string of the molecule is CCCNCC(c1ccccc1)n1cnc2c1CCCC2. The molecule has 0 bridgehead atoms. The highest BCUT2D eigenvalue weighted by atomic mass is 15.1. The Kier molecular flexibility index (Phi) is 4.71. The highest BCUT2D eigenvalue weighted by Crippen LogP contribution is 2.26. The number of imidazole rings is 1. The fraction of sp³-hybridized carbons (Fsp3) is 0.500. The van der Waals surface area contributed by atoms with E-state index in [2.05, 4.69) is 58.5 Å². The number of hydrogen-bond donors (Lipinski definition) is 1. The van der Waals surface area contributed by atoms with Gasteiger partial charge in [0.1, 0.15) is 0 Å². The second kappa shape index (κ2) is 6.90. The third kappa shape index (κ3) is 3.18. The van der Waals surface area contributed by atoms with E-state index >= 15 is 0 Å². The molecule has 112 valence electrons. The van der Waals surface area contributed by atoms with E-state index in [1.807, 2.05) is 0 Å². The maximum atomic E-state index is 4.67. The zero-order valence-corrected chi connectivity index (χ0v) is 12.9. The Hall–Kier alpha value is -1.61. The van der Waals surface area contributed by atoms with Gasteiger partial charge in [-0.25, -0.2) is 4.98 Å². The first kappa shape index (κ1) is 14.3. The van der Waals surface area contributed by atoms with Gasteiger partial charge in [-0.3, -0.25) is 0 Å². The van der Waals surface area contributed by atoms with E-state index in [1.165, 1.54) is 42.6 Å². The van der Waals surface area contributed by atoms with Crippen LogP contribution in [0.5, 0.6) is 0 Å². The number of aryl methyl sites for hydroxylation is 1. The lowest BCUT2D eigenvalue weighted by Gasteiger charge is -2.24. The molecule has 1 atom stereocenters. The number of hydrogen-bond acceptors (Lipinski definition) is 2. The first-order valence-electron chi connectivity index (χ1n) is 8.20. The smallest absolute Gasteiger partial charge is 0.0957 e. The van der Waals surface area contributed by atoms with Gasteiger partial charge >= 0.3 is 0 Å². The maximum Gasteiger partial charge on any atom is 0.0957 e. The van der Waals surface area contributed by atoms with Gasteiger partial charge in [0.25, 0.3) is 0 Å².